The Balaban J connectivity index is 0.00000192. The lowest BCUT2D eigenvalue weighted by Gasteiger charge is -2.24. The molecule has 0 aromatic heterocycles. The molecule has 134 valence electrons. The Labute approximate surface area is 157 Å². The van der Waals surface area contributed by atoms with Gasteiger partial charge < -0.3 is 25.2 Å². The average Bonchev–Trinajstić information content (AvgIpc) is 3.07. The van der Waals surface area contributed by atoms with Crippen LogP contribution in [-0.4, -0.2) is 87.4 Å². The highest BCUT2D eigenvalue weighted by Gasteiger charge is 2.41. The Hall–Kier alpha value is -0.120. The molecule has 3 atom stereocenters. The molecule has 7 heteroatoms. The number of ether oxygens (including phenoxy) is 1. The average molecular weight is 437 g/mol. The van der Waals surface area contributed by atoms with Crippen molar-refractivity contribution in [1.82, 2.24) is 20.4 Å². The van der Waals surface area contributed by atoms with E-state index in [0.29, 0.717) is 18.2 Å². The summed E-state index contributed by atoms with van der Waals surface area (Å²) in [6.45, 7) is 6.81. The van der Waals surface area contributed by atoms with E-state index < -0.39 is 0 Å². The molecule has 6 nitrogen and oxygen atoms in total. The third-order valence-electron chi connectivity index (χ3n) is 5.18. The molecule has 3 unspecified atom stereocenters. The molecular formula is C16H32IN5O. The van der Waals surface area contributed by atoms with Crippen LogP contribution in [0.25, 0.3) is 0 Å². The lowest BCUT2D eigenvalue weighted by Crippen LogP contribution is -2.49. The van der Waals surface area contributed by atoms with Gasteiger partial charge in [0.2, 0.25) is 0 Å². The Morgan fingerprint density at radius 2 is 2.09 bits per heavy atom. The summed E-state index contributed by atoms with van der Waals surface area (Å²) in [5.74, 6) is 0.924. The molecule has 3 aliphatic heterocycles. The molecule has 0 aromatic rings. The molecule has 0 aromatic carbocycles. The Morgan fingerprint density at radius 3 is 2.78 bits per heavy atom. The largest absolute Gasteiger partial charge is 0.373 e. The second kappa shape index (κ2) is 9.39. The molecule has 3 aliphatic rings. The van der Waals surface area contributed by atoms with Gasteiger partial charge in [0, 0.05) is 33.2 Å². The number of guanidine groups is 1. The van der Waals surface area contributed by atoms with Crippen molar-refractivity contribution in [3.8, 4) is 0 Å². The van der Waals surface area contributed by atoms with E-state index >= 15 is 0 Å². The highest BCUT2D eigenvalue weighted by atomic mass is 127. The molecule has 0 aliphatic carbocycles. The standard InChI is InChI=1S/C16H31N5O.HI/c1-17-16(19-14-12-13-4-5-15(14)22-13)18-6-9-21-8-3-7-20(2)10-11-21;/h13-15H,3-12H2,1-2H3,(H2,17,18,19);1H. The molecule has 23 heavy (non-hydrogen) atoms. The van der Waals surface area contributed by atoms with Crippen molar-refractivity contribution in [2.45, 2.75) is 43.9 Å². The number of fused-ring (bicyclic) bond motifs is 2. The van der Waals surface area contributed by atoms with Gasteiger partial charge in [-0.05, 0) is 45.8 Å². The number of likely N-dealkylation sites (N-methyl/N-ethyl adjacent to an activating group) is 1. The maximum Gasteiger partial charge on any atom is 0.191 e. The maximum atomic E-state index is 5.90. The van der Waals surface area contributed by atoms with Gasteiger partial charge in [-0.15, -0.1) is 24.0 Å². The van der Waals surface area contributed by atoms with Gasteiger partial charge in [-0.25, -0.2) is 0 Å². The highest BCUT2D eigenvalue weighted by molar-refractivity contribution is 14.0. The zero-order valence-corrected chi connectivity index (χ0v) is 16.8. The van der Waals surface area contributed by atoms with E-state index in [4.69, 9.17) is 4.74 Å². The first kappa shape index (κ1) is 19.2. The van der Waals surface area contributed by atoms with Gasteiger partial charge in [-0.3, -0.25) is 4.99 Å². The van der Waals surface area contributed by atoms with Crippen LogP contribution in [0.5, 0.6) is 0 Å². The Kier molecular flexibility index (Phi) is 7.84. The minimum atomic E-state index is 0. The van der Waals surface area contributed by atoms with Crippen LogP contribution >= 0.6 is 24.0 Å². The predicted molar refractivity (Wildman–Crippen MR) is 105 cm³/mol. The lowest BCUT2D eigenvalue weighted by molar-refractivity contribution is 0.0992. The van der Waals surface area contributed by atoms with Crippen LogP contribution in [-0.2, 0) is 4.74 Å². The lowest BCUT2D eigenvalue weighted by atomic mass is 9.96. The van der Waals surface area contributed by atoms with Crippen LogP contribution in [0.15, 0.2) is 4.99 Å². The van der Waals surface area contributed by atoms with E-state index in [2.05, 4.69) is 32.5 Å². The third-order valence-corrected chi connectivity index (χ3v) is 5.18. The molecule has 0 radical (unpaired) electrons. The van der Waals surface area contributed by atoms with Gasteiger partial charge in [0.1, 0.15) is 0 Å². The fourth-order valence-electron chi connectivity index (χ4n) is 3.82. The van der Waals surface area contributed by atoms with E-state index in [1.807, 2.05) is 7.05 Å². The third kappa shape index (κ3) is 5.44. The zero-order chi connectivity index (χ0) is 15.4. The summed E-state index contributed by atoms with van der Waals surface area (Å²) in [5, 5.41) is 7.00. The summed E-state index contributed by atoms with van der Waals surface area (Å²) in [6.07, 6.45) is 5.70. The van der Waals surface area contributed by atoms with Crippen molar-refractivity contribution >= 4 is 29.9 Å². The van der Waals surface area contributed by atoms with Gasteiger partial charge in [-0.1, -0.05) is 0 Å². The van der Waals surface area contributed by atoms with Crippen molar-refractivity contribution in [1.29, 1.82) is 0 Å². The van der Waals surface area contributed by atoms with Crippen LogP contribution in [0, 0.1) is 0 Å². The van der Waals surface area contributed by atoms with Crippen molar-refractivity contribution in [2.75, 3.05) is 53.4 Å². The number of nitrogens with zero attached hydrogens (tertiary/aromatic N) is 3. The fourth-order valence-corrected chi connectivity index (χ4v) is 3.82. The summed E-state index contributed by atoms with van der Waals surface area (Å²) in [4.78, 5) is 9.33. The highest BCUT2D eigenvalue weighted by Crippen LogP contribution is 2.34. The normalized spacial score (nSPS) is 32.4. The van der Waals surface area contributed by atoms with Gasteiger partial charge >= 0.3 is 0 Å². The monoisotopic (exact) mass is 437 g/mol. The van der Waals surface area contributed by atoms with E-state index in [0.717, 1.165) is 25.5 Å². The Bertz CT molecular complexity index is 395. The number of hydrogen-bond donors (Lipinski definition) is 2. The predicted octanol–water partition coefficient (Wildman–Crippen LogP) is 0.727. The number of aliphatic imine (C=N–C) groups is 1. The first-order valence-electron chi connectivity index (χ1n) is 8.78. The van der Waals surface area contributed by atoms with Gasteiger partial charge in [0.15, 0.2) is 5.96 Å². The SMILES string of the molecule is CN=C(NCCN1CCCN(C)CC1)NC1CC2CCC1O2.I. The van der Waals surface area contributed by atoms with Crippen molar-refractivity contribution in [2.24, 2.45) is 4.99 Å². The second-order valence-electron chi connectivity index (χ2n) is 6.86. The molecule has 0 amide bonds. The molecule has 3 heterocycles. The number of halogens is 1. The number of nitrogens with one attached hydrogen (secondary N) is 2. The van der Waals surface area contributed by atoms with E-state index in [9.17, 15) is 0 Å². The first-order chi connectivity index (χ1) is 10.7. The van der Waals surface area contributed by atoms with Crippen molar-refractivity contribution in [3.63, 3.8) is 0 Å². The quantitative estimate of drug-likeness (QED) is 0.386. The molecule has 2 N–H and O–H groups in total. The molecule has 2 bridgehead atoms. The molecule has 3 saturated heterocycles. The summed E-state index contributed by atoms with van der Waals surface area (Å²) < 4.78 is 5.90. The Morgan fingerprint density at radius 1 is 1.22 bits per heavy atom. The molecule has 3 rings (SSSR count). The topological polar surface area (TPSA) is 52.1 Å². The van der Waals surface area contributed by atoms with Crippen LogP contribution in [0.2, 0.25) is 0 Å². The molecule has 3 fully saturated rings. The minimum absolute atomic E-state index is 0. The summed E-state index contributed by atoms with van der Waals surface area (Å²) >= 11 is 0. The molecular weight excluding hydrogens is 405 g/mol. The van der Waals surface area contributed by atoms with Crippen LogP contribution in [0.1, 0.15) is 25.7 Å². The summed E-state index contributed by atoms with van der Waals surface area (Å²) in [7, 11) is 4.06. The van der Waals surface area contributed by atoms with E-state index in [1.54, 1.807) is 0 Å². The zero-order valence-electron chi connectivity index (χ0n) is 14.5. The van der Waals surface area contributed by atoms with Gasteiger partial charge in [0.05, 0.1) is 18.2 Å². The van der Waals surface area contributed by atoms with Crippen LogP contribution in [0.3, 0.4) is 0 Å². The molecule has 0 saturated carbocycles. The van der Waals surface area contributed by atoms with E-state index in [1.165, 1.54) is 45.4 Å². The van der Waals surface area contributed by atoms with E-state index in [-0.39, 0.29) is 24.0 Å². The summed E-state index contributed by atoms with van der Waals surface area (Å²) in [5.41, 5.74) is 0. The first-order valence-corrected chi connectivity index (χ1v) is 8.78. The fraction of sp³-hybridized carbons (Fsp3) is 0.938. The van der Waals surface area contributed by atoms with Gasteiger partial charge in [-0.2, -0.15) is 0 Å². The minimum Gasteiger partial charge on any atom is -0.373 e. The number of rotatable bonds is 4. The molecule has 0 spiro atoms. The second-order valence-corrected chi connectivity index (χ2v) is 6.86. The van der Waals surface area contributed by atoms with Crippen LogP contribution < -0.4 is 10.6 Å². The summed E-state index contributed by atoms with van der Waals surface area (Å²) in [6, 6.07) is 0.441. The smallest absolute Gasteiger partial charge is 0.191 e. The number of hydrogen-bond acceptors (Lipinski definition) is 4. The van der Waals surface area contributed by atoms with Crippen LogP contribution in [0.4, 0.5) is 0 Å². The van der Waals surface area contributed by atoms with Crippen molar-refractivity contribution < 1.29 is 4.74 Å². The maximum absolute atomic E-state index is 5.90. The van der Waals surface area contributed by atoms with Gasteiger partial charge in [0.25, 0.3) is 0 Å². The van der Waals surface area contributed by atoms with Crippen molar-refractivity contribution in [3.05, 3.63) is 0 Å².